The van der Waals surface area contributed by atoms with Gasteiger partial charge in [-0.05, 0) is 79.4 Å². The summed E-state index contributed by atoms with van der Waals surface area (Å²) in [5, 5.41) is 5.98. The van der Waals surface area contributed by atoms with E-state index < -0.39 is 12.1 Å². The monoisotopic (exact) mass is 482 g/mol. The van der Waals surface area contributed by atoms with Crippen molar-refractivity contribution in [3.8, 4) is 17.2 Å². The van der Waals surface area contributed by atoms with Crippen LogP contribution in [0.2, 0.25) is 0 Å². The van der Waals surface area contributed by atoms with Crippen molar-refractivity contribution >= 4 is 28.9 Å². The molecule has 0 spiro atoms. The summed E-state index contributed by atoms with van der Waals surface area (Å²) in [5.74, 6) is 0.883. The molecule has 182 valence electrons. The summed E-state index contributed by atoms with van der Waals surface area (Å²) in [4.78, 5) is 24.8. The Kier molecular flexibility index (Phi) is 7.93. The van der Waals surface area contributed by atoms with Crippen LogP contribution in [0.5, 0.6) is 17.2 Å². The van der Waals surface area contributed by atoms with Gasteiger partial charge in [-0.25, -0.2) is 10.2 Å². The number of hydrogen-bond donors (Lipinski definition) is 1. The van der Waals surface area contributed by atoms with Crippen LogP contribution in [0.4, 0.5) is 0 Å². The average Bonchev–Trinajstić information content (AvgIpc) is 2.90. The van der Waals surface area contributed by atoms with Gasteiger partial charge >= 0.3 is 5.97 Å². The summed E-state index contributed by atoms with van der Waals surface area (Å²) < 4.78 is 16.6. The van der Waals surface area contributed by atoms with E-state index in [-0.39, 0.29) is 5.91 Å². The van der Waals surface area contributed by atoms with Crippen molar-refractivity contribution in [1.82, 2.24) is 5.43 Å². The fourth-order valence-electron chi connectivity index (χ4n) is 3.45. The molecule has 4 aromatic rings. The maximum Gasteiger partial charge on any atom is 0.343 e. The third-order valence-electron chi connectivity index (χ3n) is 5.30. The number of nitrogens with zero attached hydrogens (tertiary/aromatic N) is 1. The number of ether oxygens (including phenoxy) is 3. The van der Waals surface area contributed by atoms with Crippen LogP contribution < -0.4 is 19.6 Å². The van der Waals surface area contributed by atoms with Crippen LogP contribution in [0.25, 0.3) is 10.8 Å². The number of carbonyl (C=O) groups excluding carboxylic acids is 2. The van der Waals surface area contributed by atoms with E-state index in [4.69, 9.17) is 14.2 Å². The second kappa shape index (κ2) is 11.7. The van der Waals surface area contributed by atoms with E-state index in [1.54, 1.807) is 55.5 Å². The lowest BCUT2D eigenvalue weighted by Crippen LogP contribution is -2.33. The Balaban J connectivity index is 1.29. The fraction of sp³-hybridized carbons (Fsp3) is 0.138. The zero-order chi connectivity index (χ0) is 25.3. The molecule has 0 bridgehead atoms. The van der Waals surface area contributed by atoms with Crippen LogP contribution in [0, 0.1) is 0 Å². The maximum absolute atomic E-state index is 12.4. The number of rotatable bonds is 9. The summed E-state index contributed by atoms with van der Waals surface area (Å²) in [5.41, 5.74) is 3.63. The first-order chi connectivity index (χ1) is 17.5. The van der Waals surface area contributed by atoms with Crippen LogP contribution in [0.1, 0.15) is 29.8 Å². The number of nitrogens with one attached hydrogen (secondary N) is 1. The summed E-state index contributed by atoms with van der Waals surface area (Å²) >= 11 is 0. The van der Waals surface area contributed by atoms with E-state index >= 15 is 0 Å². The number of fused-ring (bicyclic) bond motifs is 1. The molecule has 1 amide bonds. The van der Waals surface area contributed by atoms with Gasteiger partial charge in [0.2, 0.25) is 0 Å². The molecule has 0 aliphatic heterocycles. The largest absolute Gasteiger partial charge is 0.494 e. The summed E-state index contributed by atoms with van der Waals surface area (Å²) in [6.07, 6.45) is 0.762. The molecule has 0 aliphatic rings. The van der Waals surface area contributed by atoms with Gasteiger partial charge in [-0.3, -0.25) is 4.79 Å². The molecule has 1 unspecified atom stereocenters. The molecule has 1 N–H and O–H groups in total. The van der Waals surface area contributed by atoms with Crippen LogP contribution in [-0.2, 0) is 4.79 Å². The van der Waals surface area contributed by atoms with Gasteiger partial charge in [-0.2, -0.15) is 5.10 Å². The molecule has 7 heteroatoms. The molecular formula is C29H26N2O5. The second-order valence-corrected chi connectivity index (χ2v) is 7.89. The lowest BCUT2D eigenvalue weighted by atomic mass is 10.1. The Hall–Kier alpha value is -4.65. The van der Waals surface area contributed by atoms with Gasteiger partial charge in [0.15, 0.2) is 6.10 Å². The van der Waals surface area contributed by atoms with Crippen molar-refractivity contribution in [2.45, 2.75) is 20.0 Å². The molecule has 0 saturated carbocycles. The molecule has 0 heterocycles. The zero-order valence-electron chi connectivity index (χ0n) is 20.0. The van der Waals surface area contributed by atoms with Crippen molar-refractivity contribution in [2.75, 3.05) is 6.61 Å². The van der Waals surface area contributed by atoms with Gasteiger partial charge in [-0.1, -0.05) is 36.4 Å². The minimum Gasteiger partial charge on any atom is -0.494 e. The van der Waals surface area contributed by atoms with Gasteiger partial charge in [0.25, 0.3) is 5.91 Å². The first-order valence-electron chi connectivity index (χ1n) is 11.6. The van der Waals surface area contributed by atoms with E-state index in [9.17, 15) is 9.59 Å². The molecule has 7 nitrogen and oxygen atoms in total. The highest BCUT2D eigenvalue weighted by atomic mass is 16.5. The summed E-state index contributed by atoms with van der Waals surface area (Å²) in [6.45, 7) is 4.12. The first kappa shape index (κ1) is 24.5. The Labute approximate surface area is 209 Å². The average molecular weight is 483 g/mol. The van der Waals surface area contributed by atoms with Crippen molar-refractivity contribution in [3.63, 3.8) is 0 Å². The SMILES string of the molecule is CCOc1ccc(C(=O)Oc2ccc(/C=N/NC(=O)C(C)Oc3cccc4ccccc34)cc2)cc1. The molecule has 0 aromatic heterocycles. The number of carbonyl (C=O) groups is 2. The highest BCUT2D eigenvalue weighted by Gasteiger charge is 2.15. The minimum atomic E-state index is -0.739. The van der Waals surface area contributed by atoms with Gasteiger partial charge in [0.05, 0.1) is 18.4 Å². The number of benzene rings is 4. The van der Waals surface area contributed by atoms with E-state index in [2.05, 4.69) is 10.5 Å². The third kappa shape index (κ3) is 6.27. The van der Waals surface area contributed by atoms with E-state index in [0.29, 0.717) is 29.4 Å². The van der Waals surface area contributed by atoms with Crippen molar-refractivity contribution < 1.29 is 23.8 Å². The molecule has 4 rings (SSSR count). The maximum atomic E-state index is 12.4. The molecule has 0 fully saturated rings. The Morgan fingerprint density at radius 1 is 0.889 bits per heavy atom. The lowest BCUT2D eigenvalue weighted by molar-refractivity contribution is -0.127. The summed E-state index contributed by atoms with van der Waals surface area (Å²) in [6, 6.07) is 27.1. The second-order valence-electron chi connectivity index (χ2n) is 7.89. The topological polar surface area (TPSA) is 86.2 Å². The van der Waals surface area contributed by atoms with Crippen LogP contribution in [0.15, 0.2) is 96.1 Å². The van der Waals surface area contributed by atoms with Gasteiger partial charge in [0.1, 0.15) is 17.2 Å². The third-order valence-corrected chi connectivity index (χ3v) is 5.30. The number of hydrazone groups is 1. The van der Waals surface area contributed by atoms with E-state index in [1.807, 2.05) is 49.4 Å². The Bertz CT molecular complexity index is 1360. The number of amides is 1. The zero-order valence-corrected chi connectivity index (χ0v) is 20.0. The Morgan fingerprint density at radius 3 is 2.33 bits per heavy atom. The predicted molar refractivity (Wildman–Crippen MR) is 139 cm³/mol. The molecule has 4 aromatic carbocycles. The van der Waals surface area contributed by atoms with E-state index in [0.717, 1.165) is 16.3 Å². The van der Waals surface area contributed by atoms with Crippen LogP contribution in [-0.4, -0.2) is 30.8 Å². The van der Waals surface area contributed by atoms with Crippen molar-refractivity contribution in [3.05, 3.63) is 102 Å². The lowest BCUT2D eigenvalue weighted by Gasteiger charge is -2.14. The normalized spacial score (nSPS) is 11.7. The van der Waals surface area contributed by atoms with E-state index in [1.165, 1.54) is 6.21 Å². The van der Waals surface area contributed by atoms with Crippen LogP contribution >= 0.6 is 0 Å². The van der Waals surface area contributed by atoms with Gasteiger partial charge in [-0.15, -0.1) is 0 Å². The molecule has 0 aliphatic carbocycles. The van der Waals surface area contributed by atoms with Crippen molar-refractivity contribution in [2.24, 2.45) is 5.10 Å². The Morgan fingerprint density at radius 2 is 1.58 bits per heavy atom. The molecular weight excluding hydrogens is 456 g/mol. The summed E-state index contributed by atoms with van der Waals surface area (Å²) in [7, 11) is 0. The van der Waals surface area contributed by atoms with Crippen LogP contribution in [0.3, 0.4) is 0 Å². The quantitative estimate of drug-likeness (QED) is 0.150. The first-order valence-corrected chi connectivity index (χ1v) is 11.6. The molecule has 36 heavy (non-hydrogen) atoms. The highest BCUT2D eigenvalue weighted by Crippen LogP contribution is 2.26. The molecule has 0 saturated heterocycles. The molecule has 1 atom stereocenters. The van der Waals surface area contributed by atoms with Gasteiger partial charge < -0.3 is 14.2 Å². The smallest absolute Gasteiger partial charge is 0.343 e. The fourth-order valence-corrected chi connectivity index (χ4v) is 3.45. The van der Waals surface area contributed by atoms with Crippen molar-refractivity contribution in [1.29, 1.82) is 0 Å². The number of hydrogen-bond acceptors (Lipinski definition) is 6. The minimum absolute atomic E-state index is 0.375. The number of esters is 1. The highest BCUT2D eigenvalue weighted by molar-refractivity contribution is 5.91. The standard InChI is InChI=1S/C29H26N2O5/c1-3-34-24-17-13-23(14-18-24)29(33)36-25-15-11-21(12-16-25)19-30-31-28(32)20(2)35-27-10-6-8-22-7-4-5-9-26(22)27/h4-20H,3H2,1-2H3,(H,31,32)/b30-19+. The van der Waals surface area contributed by atoms with Gasteiger partial charge in [0, 0.05) is 5.39 Å². The molecule has 0 radical (unpaired) electrons. The predicted octanol–water partition coefficient (Wildman–Crippen LogP) is 5.38.